The van der Waals surface area contributed by atoms with Gasteiger partial charge in [0.1, 0.15) is 0 Å². The summed E-state index contributed by atoms with van der Waals surface area (Å²) in [6.07, 6.45) is -9.06. The Morgan fingerprint density at radius 3 is 1.95 bits per heavy atom. The lowest BCUT2D eigenvalue weighted by Gasteiger charge is -2.09. The van der Waals surface area contributed by atoms with E-state index in [2.05, 4.69) is 10.3 Å². The third kappa shape index (κ3) is 5.69. The van der Waals surface area contributed by atoms with Crippen LogP contribution in [0, 0.1) is 10.1 Å². The van der Waals surface area contributed by atoms with Gasteiger partial charge in [0.2, 0.25) is 0 Å². The second-order valence-electron chi connectivity index (χ2n) is 8.20. The van der Waals surface area contributed by atoms with Gasteiger partial charge in [0.05, 0.1) is 32.9 Å². The normalized spacial score (nSPS) is 11.8. The summed E-state index contributed by atoms with van der Waals surface area (Å²) in [4.78, 5) is 27.0. The molecule has 4 aromatic rings. The molecule has 0 radical (unpaired) electrons. The van der Waals surface area contributed by atoms with Crippen molar-refractivity contribution < 1.29 is 36.1 Å². The molecule has 0 saturated carbocycles. The van der Waals surface area contributed by atoms with E-state index in [0.717, 1.165) is 24.3 Å². The molecule has 2 N–H and O–H groups in total. The van der Waals surface area contributed by atoms with Crippen molar-refractivity contribution in [3.05, 3.63) is 111 Å². The number of benzene rings is 3. The van der Waals surface area contributed by atoms with Gasteiger partial charge < -0.3 is 10.3 Å². The Hall–Kier alpha value is -4.61. The topological polar surface area (TPSA) is 88.0 Å². The fourth-order valence-electron chi connectivity index (χ4n) is 3.77. The number of nitrogens with zero attached hydrogens (tertiary/aromatic N) is 1. The van der Waals surface area contributed by atoms with Crippen LogP contribution in [0.15, 0.2) is 78.9 Å². The molecule has 4 rings (SSSR count). The fourth-order valence-corrected chi connectivity index (χ4v) is 3.77. The molecule has 0 aliphatic carbocycles. The molecule has 1 aromatic heterocycles. The quantitative estimate of drug-likeness (QED) is 0.156. The molecular weight excluding hydrogens is 516 g/mol. The number of para-hydroxylation sites is 1. The summed E-state index contributed by atoms with van der Waals surface area (Å²) in [7, 11) is 0. The number of alkyl halides is 6. The number of hydrogen-bond acceptors (Lipinski definition) is 3. The van der Waals surface area contributed by atoms with Crippen LogP contribution in [0.1, 0.15) is 27.0 Å². The summed E-state index contributed by atoms with van der Waals surface area (Å²) in [5.41, 5.74) is -1.07. The summed E-state index contributed by atoms with van der Waals surface area (Å²) in [6, 6.07) is 15.2. The molecule has 0 unspecified atom stereocenters. The molecule has 6 nitrogen and oxygen atoms in total. The van der Waals surface area contributed by atoms with Crippen molar-refractivity contribution in [1.29, 1.82) is 0 Å². The van der Waals surface area contributed by atoms with Gasteiger partial charge in [-0.25, -0.2) is 0 Å². The molecule has 0 aliphatic heterocycles. The zero-order valence-corrected chi connectivity index (χ0v) is 19.2. The van der Waals surface area contributed by atoms with Gasteiger partial charge in [-0.05, 0) is 47.5 Å². The number of hydrogen-bond donors (Lipinski definition) is 2. The van der Waals surface area contributed by atoms with Crippen LogP contribution in [0.4, 0.5) is 32.0 Å². The van der Waals surface area contributed by atoms with E-state index in [9.17, 15) is 41.3 Å². The monoisotopic (exact) mass is 533 g/mol. The number of H-pyrrole nitrogens is 1. The fraction of sp³-hybridized carbons (Fsp3) is 0.115. The van der Waals surface area contributed by atoms with Crippen LogP contribution in [-0.2, 0) is 18.9 Å². The van der Waals surface area contributed by atoms with E-state index in [-0.39, 0.29) is 34.7 Å². The second-order valence-corrected chi connectivity index (χ2v) is 8.20. The highest BCUT2D eigenvalue weighted by Crippen LogP contribution is 2.36. The van der Waals surface area contributed by atoms with E-state index in [4.69, 9.17) is 0 Å². The van der Waals surface area contributed by atoms with Crippen LogP contribution in [0.2, 0.25) is 0 Å². The number of aromatic nitrogens is 1. The highest BCUT2D eigenvalue weighted by atomic mass is 19.4. The van der Waals surface area contributed by atoms with E-state index < -0.39 is 34.3 Å². The number of rotatable bonds is 6. The maximum Gasteiger partial charge on any atom is 0.416 e. The van der Waals surface area contributed by atoms with Gasteiger partial charge in [-0.15, -0.1) is 0 Å². The van der Waals surface area contributed by atoms with E-state index >= 15 is 0 Å². The molecule has 12 heteroatoms. The summed E-state index contributed by atoms with van der Waals surface area (Å²) in [6.45, 7) is -0.145. The number of carbonyl (C=O) groups is 1. The Labute approximate surface area is 211 Å². The maximum absolute atomic E-state index is 13.1. The lowest BCUT2D eigenvalue weighted by Crippen LogP contribution is -2.23. The molecule has 0 atom stereocenters. The van der Waals surface area contributed by atoms with Crippen LogP contribution < -0.4 is 5.32 Å². The minimum absolute atomic E-state index is 0.0406. The molecule has 0 saturated heterocycles. The zero-order valence-electron chi connectivity index (χ0n) is 19.2. The van der Waals surface area contributed by atoms with Crippen molar-refractivity contribution in [3.63, 3.8) is 0 Å². The van der Waals surface area contributed by atoms with Crippen LogP contribution in [0.3, 0.4) is 0 Å². The van der Waals surface area contributed by atoms with Crippen LogP contribution in [0.5, 0.6) is 0 Å². The standard InChI is InChI=1S/C26H17F6N3O3/c27-25(28,29)17-9-5-15(6-10-17)14-33-24(36)20-13-21(16-7-11-18(12-8-16)26(30,31)32)34-23(20)19-3-1-2-4-22(19)35(37)38/h1-13,34H,14H2,(H,33,36). The predicted octanol–water partition coefficient (Wildman–Crippen LogP) is 7.22. The minimum Gasteiger partial charge on any atom is -0.354 e. The SMILES string of the molecule is O=C(NCc1ccc(C(F)(F)F)cc1)c1cc(-c2ccc(C(F)(F)F)cc2)[nH]c1-c1ccccc1[N+](=O)[O-]. The van der Waals surface area contributed by atoms with Crippen molar-refractivity contribution in [2.24, 2.45) is 0 Å². The van der Waals surface area contributed by atoms with Gasteiger partial charge in [0, 0.05) is 18.3 Å². The molecule has 1 amide bonds. The summed E-state index contributed by atoms with van der Waals surface area (Å²) in [5, 5.41) is 14.2. The van der Waals surface area contributed by atoms with Crippen molar-refractivity contribution in [2.75, 3.05) is 0 Å². The van der Waals surface area contributed by atoms with Gasteiger partial charge >= 0.3 is 12.4 Å². The molecule has 1 heterocycles. The Bertz CT molecular complexity index is 1470. The Kier molecular flexibility index (Phi) is 6.99. The van der Waals surface area contributed by atoms with Gasteiger partial charge in [-0.1, -0.05) is 36.4 Å². The van der Waals surface area contributed by atoms with Crippen molar-refractivity contribution in [1.82, 2.24) is 10.3 Å². The van der Waals surface area contributed by atoms with Gasteiger partial charge in [-0.3, -0.25) is 14.9 Å². The third-order valence-electron chi connectivity index (χ3n) is 5.69. The van der Waals surface area contributed by atoms with E-state index in [1.807, 2.05) is 0 Å². The van der Waals surface area contributed by atoms with Crippen molar-refractivity contribution >= 4 is 11.6 Å². The number of nitro benzene ring substituents is 1. The maximum atomic E-state index is 13.1. The van der Waals surface area contributed by atoms with Gasteiger partial charge in [0.15, 0.2) is 0 Å². The zero-order chi connectivity index (χ0) is 27.7. The van der Waals surface area contributed by atoms with Crippen LogP contribution in [0.25, 0.3) is 22.5 Å². The van der Waals surface area contributed by atoms with Crippen molar-refractivity contribution in [3.8, 4) is 22.5 Å². The Morgan fingerprint density at radius 1 is 0.842 bits per heavy atom. The lowest BCUT2D eigenvalue weighted by molar-refractivity contribution is -0.384. The number of amides is 1. The number of aromatic amines is 1. The average molecular weight is 533 g/mol. The van der Waals surface area contributed by atoms with E-state index in [1.54, 1.807) is 0 Å². The van der Waals surface area contributed by atoms with E-state index in [0.29, 0.717) is 11.1 Å². The number of nitro groups is 1. The third-order valence-corrected chi connectivity index (χ3v) is 5.69. The molecule has 0 spiro atoms. The van der Waals surface area contributed by atoms with Crippen molar-refractivity contribution in [2.45, 2.75) is 18.9 Å². The average Bonchev–Trinajstić information content (AvgIpc) is 3.32. The second kappa shape index (κ2) is 10.0. The van der Waals surface area contributed by atoms with Gasteiger partial charge in [-0.2, -0.15) is 26.3 Å². The molecule has 196 valence electrons. The van der Waals surface area contributed by atoms with Crippen LogP contribution in [-0.4, -0.2) is 15.8 Å². The first kappa shape index (κ1) is 26.5. The minimum atomic E-state index is -4.55. The molecule has 0 bridgehead atoms. The molecule has 3 aromatic carbocycles. The largest absolute Gasteiger partial charge is 0.416 e. The highest BCUT2D eigenvalue weighted by molar-refractivity contribution is 6.02. The molecule has 0 aliphatic rings. The predicted molar refractivity (Wildman–Crippen MR) is 126 cm³/mol. The molecular formula is C26H17F6N3O3. The Balaban J connectivity index is 1.69. The van der Waals surface area contributed by atoms with Crippen LogP contribution >= 0.6 is 0 Å². The Morgan fingerprint density at radius 2 is 1.39 bits per heavy atom. The summed E-state index contributed by atoms with van der Waals surface area (Å²) in [5.74, 6) is -0.701. The van der Waals surface area contributed by atoms with E-state index in [1.165, 1.54) is 54.6 Å². The smallest absolute Gasteiger partial charge is 0.354 e. The summed E-state index contributed by atoms with van der Waals surface area (Å²) >= 11 is 0. The highest BCUT2D eigenvalue weighted by Gasteiger charge is 2.31. The lowest BCUT2D eigenvalue weighted by atomic mass is 10.0. The molecule has 0 fully saturated rings. The number of halogens is 6. The number of nitrogens with one attached hydrogen (secondary N) is 2. The first-order valence-corrected chi connectivity index (χ1v) is 10.9. The molecule has 38 heavy (non-hydrogen) atoms. The number of carbonyl (C=O) groups excluding carboxylic acids is 1. The first-order valence-electron chi connectivity index (χ1n) is 10.9. The van der Waals surface area contributed by atoms with Gasteiger partial charge in [0.25, 0.3) is 11.6 Å². The summed E-state index contributed by atoms with van der Waals surface area (Å²) < 4.78 is 77.3. The first-order chi connectivity index (χ1) is 17.8.